The fourth-order valence-corrected chi connectivity index (χ4v) is 5.42. The Balaban J connectivity index is 1.81. The maximum atomic E-state index is 13.4. The number of fused-ring (bicyclic) bond motifs is 1. The number of para-hydroxylation sites is 1. The van der Waals surface area contributed by atoms with Crippen LogP contribution in [0, 0.1) is 0 Å². The number of nitrogens with zero attached hydrogens (tertiary/aromatic N) is 1. The van der Waals surface area contributed by atoms with Crippen molar-refractivity contribution < 1.29 is 17.9 Å². The van der Waals surface area contributed by atoms with E-state index in [4.69, 9.17) is 4.74 Å². The first-order chi connectivity index (χ1) is 14.0. The van der Waals surface area contributed by atoms with Gasteiger partial charge in [0.25, 0.3) is 10.0 Å². The van der Waals surface area contributed by atoms with Crippen molar-refractivity contribution in [2.45, 2.75) is 11.5 Å². The lowest BCUT2D eigenvalue weighted by atomic mass is 10.2. The van der Waals surface area contributed by atoms with Gasteiger partial charge in [0, 0.05) is 5.39 Å². The molecule has 4 rings (SSSR count). The Kier molecular flexibility index (Phi) is 5.25. The van der Waals surface area contributed by atoms with Crippen molar-refractivity contribution >= 4 is 42.8 Å². The highest BCUT2D eigenvalue weighted by Crippen LogP contribution is 2.34. The molecular formula is C22H16BrNO4S. The van der Waals surface area contributed by atoms with E-state index in [1.54, 1.807) is 60.7 Å². The quantitative estimate of drug-likeness (QED) is 0.385. The molecule has 5 nitrogen and oxygen atoms in total. The van der Waals surface area contributed by atoms with Gasteiger partial charge in [0.2, 0.25) is 0 Å². The summed E-state index contributed by atoms with van der Waals surface area (Å²) in [6.45, 7) is -0.199. The predicted molar refractivity (Wildman–Crippen MR) is 114 cm³/mol. The number of carbonyl (C=O) groups is 1. The van der Waals surface area contributed by atoms with Crippen molar-refractivity contribution in [2.75, 3.05) is 0 Å². The summed E-state index contributed by atoms with van der Waals surface area (Å²) in [6.07, 6.45) is 0. The zero-order chi connectivity index (χ0) is 20.4. The third-order valence-corrected chi connectivity index (χ3v) is 7.14. The van der Waals surface area contributed by atoms with Gasteiger partial charge in [0.15, 0.2) is 0 Å². The minimum Gasteiger partial charge on any atom is -0.456 e. The fourth-order valence-electron chi connectivity index (χ4n) is 3.11. The number of benzene rings is 3. The van der Waals surface area contributed by atoms with Crippen molar-refractivity contribution in [3.8, 4) is 0 Å². The molecule has 29 heavy (non-hydrogen) atoms. The molecule has 0 unspecified atom stereocenters. The van der Waals surface area contributed by atoms with E-state index in [1.165, 1.54) is 16.1 Å². The maximum absolute atomic E-state index is 13.4. The Morgan fingerprint density at radius 2 is 1.45 bits per heavy atom. The van der Waals surface area contributed by atoms with E-state index in [9.17, 15) is 13.2 Å². The molecule has 0 bridgehead atoms. The maximum Gasteiger partial charge on any atom is 0.338 e. The second-order valence-corrected chi connectivity index (χ2v) is 8.88. The molecule has 0 atom stereocenters. The van der Waals surface area contributed by atoms with Gasteiger partial charge in [-0.3, -0.25) is 0 Å². The number of hydrogen-bond acceptors (Lipinski definition) is 4. The highest BCUT2D eigenvalue weighted by Gasteiger charge is 2.26. The van der Waals surface area contributed by atoms with Gasteiger partial charge in [-0.25, -0.2) is 17.2 Å². The van der Waals surface area contributed by atoms with Crippen molar-refractivity contribution in [1.29, 1.82) is 0 Å². The third-order valence-electron chi connectivity index (χ3n) is 4.49. The SMILES string of the molecule is O=C(OCc1c(Br)c2ccccc2n1S(=O)(=O)c1ccccc1)c1ccccc1. The van der Waals surface area contributed by atoms with Crippen LogP contribution in [0.1, 0.15) is 16.1 Å². The average molecular weight is 470 g/mol. The number of esters is 1. The molecule has 146 valence electrons. The number of halogens is 1. The van der Waals surface area contributed by atoms with Crippen LogP contribution < -0.4 is 0 Å². The summed E-state index contributed by atoms with van der Waals surface area (Å²) < 4.78 is 34.1. The van der Waals surface area contributed by atoms with Crippen molar-refractivity contribution in [3.63, 3.8) is 0 Å². The number of ether oxygens (including phenoxy) is 1. The monoisotopic (exact) mass is 469 g/mol. The van der Waals surface area contributed by atoms with E-state index in [0.29, 0.717) is 21.2 Å². The number of carbonyl (C=O) groups excluding carboxylic acids is 1. The van der Waals surface area contributed by atoms with Gasteiger partial charge in [-0.1, -0.05) is 54.6 Å². The molecule has 1 heterocycles. The van der Waals surface area contributed by atoms with Crippen LogP contribution in [0.5, 0.6) is 0 Å². The van der Waals surface area contributed by atoms with Crippen LogP contribution in [0.25, 0.3) is 10.9 Å². The standard InChI is InChI=1S/C22H16BrNO4S/c23-21-18-13-7-8-14-19(18)24(29(26,27)17-11-5-2-6-12-17)20(21)15-28-22(25)16-9-3-1-4-10-16/h1-14H,15H2. The molecule has 0 aliphatic rings. The number of hydrogen-bond donors (Lipinski definition) is 0. The summed E-state index contributed by atoms with van der Waals surface area (Å²) in [6, 6.07) is 23.9. The van der Waals surface area contributed by atoms with Gasteiger partial charge in [0.05, 0.1) is 26.1 Å². The molecular weight excluding hydrogens is 454 g/mol. The summed E-state index contributed by atoms with van der Waals surface area (Å²) in [7, 11) is -3.89. The molecule has 0 N–H and O–H groups in total. The van der Waals surface area contributed by atoms with Crippen LogP contribution in [0.15, 0.2) is 94.3 Å². The van der Waals surface area contributed by atoms with Crippen LogP contribution in [0.4, 0.5) is 0 Å². The summed E-state index contributed by atoms with van der Waals surface area (Å²) in [5.74, 6) is -0.522. The van der Waals surface area contributed by atoms with Crippen LogP contribution in [-0.4, -0.2) is 18.4 Å². The molecule has 4 aromatic rings. The Morgan fingerprint density at radius 3 is 2.14 bits per heavy atom. The molecule has 0 radical (unpaired) electrons. The highest BCUT2D eigenvalue weighted by molar-refractivity contribution is 9.10. The van der Waals surface area contributed by atoms with Crippen LogP contribution in [0.3, 0.4) is 0 Å². The minimum absolute atomic E-state index is 0.156. The molecule has 3 aromatic carbocycles. The first-order valence-corrected chi connectivity index (χ1v) is 11.0. The molecule has 0 aliphatic heterocycles. The fraction of sp³-hybridized carbons (Fsp3) is 0.0455. The summed E-state index contributed by atoms with van der Waals surface area (Å²) >= 11 is 3.50. The second-order valence-electron chi connectivity index (χ2n) is 6.30. The van der Waals surface area contributed by atoms with Gasteiger partial charge < -0.3 is 4.74 Å². The Bertz CT molecular complexity index is 1280. The van der Waals surface area contributed by atoms with Crippen molar-refractivity contribution in [2.24, 2.45) is 0 Å². The van der Waals surface area contributed by atoms with Gasteiger partial charge in [-0.15, -0.1) is 0 Å². The van der Waals surface area contributed by atoms with Crippen molar-refractivity contribution in [1.82, 2.24) is 3.97 Å². The van der Waals surface area contributed by atoms with E-state index >= 15 is 0 Å². The van der Waals surface area contributed by atoms with E-state index in [2.05, 4.69) is 15.9 Å². The summed E-state index contributed by atoms with van der Waals surface area (Å²) in [4.78, 5) is 12.5. The molecule has 0 saturated heterocycles. The molecule has 0 spiro atoms. The van der Waals surface area contributed by atoms with E-state index in [1.807, 2.05) is 12.1 Å². The van der Waals surface area contributed by atoms with Gasteiger partial charge >= 0.3 is 5.97 Å². The zero-order valence-corrected chi connectivity index (χ0v) is 17.6. The Labute approximate surface area is 176 Å². The van der Waals surface area contributed by atoms with Gasteiger partial charge in [-0.2, -0.15) is 0 Å². The molecule has 7 heteroatoms. The molecule has 1 aromatic heterocycles. The predicted octanol–water partition coefficient (Wildman–Crippen LogP) is 5.00. The lowest BCUT2D eigenvalue weighted by Crippen LogP contribution is -2.17. The molecule has 0 fully saturated rings. The summed E-state index contributed by atoms with van der Waals surface area (Å²) in [5, 5.41) is 0.720. The van der Waals surface area contributed by atoms with E-state index < -0.39 is 16.0 Å². The summed E-state index contributed by atoms with van der Waals surface area (Å²) in [5.41, 5.74) is 1.26. The van der Waals surface area contributed by atoms with Gasteiger partial charge in [0.1, 0.15) is 6.61 Å². The van der Waals surface area contributed by atoms with Crippen LogP contribution >= 0.6 is 15.9 Å². The first kappa shape index (κ1) is 19.4. The molecule has 0 amide bonds. The second kappa shape index (κ2) is 7.85. The minimum atomic E-state index is -3.89. The normalized spacial score (nSPS) is 11.5. The molecule has 0 aliphatic carbocycles. The van der Waals surface area contributed by atoms with Crippen molar-refractivity contribution in [3.05, 3.63) is 101 Å². The van der Waals surface area contributed by atoms with Crippen LogP contribution in [-0.2, 0) is 21.4 Å². The Morgan fingerprint density at radius 1 is 0.862 bits per heavy atom. The lowest BCUT2D eigenvalue weighted by Gasteiger charge is -2.13. The largest absolute Gasteiger partial charge is 0.456 e. The number of rotatable bonds is 5. The number of aromatic nitrogens is 1. The van der Waals surface area contributed by atoms with E-state index in [-0.39, 0.29) is 11.5 Å². The third kappa shape index (κ3) is 3.59. The van der Waals surface area contributed by atoms with Crippen LogP contribution in [0.2, 0.25) is 0 Å². The average Bonchev–Trinajstić information content (AvgIpc) is 3.06. The van der Waals surface area contributed by atoms with Gasteiger partial charge in [-0.05, 0) is 46.3 Å². The Hall–Kier alpha value is -2.90. The lowest BCUT2D eigenvalue weighted by molar-refractivity contribution is 0.0466. The first-order valence-electron chi connectivity index (χ1n) is 8.81. The molecule has 0 saturated carbocycles. The highest BCUT2D eigenvalue weighted by atomic mass is 79.9. The topological polar surface area (TPSA) is 65.4 Å². The zero-order valence-electron chi connectivity index (χ0n) is 15.2. The smallest absolute Gasteiger partial charge is 0.338 e. The van der Waals surface area contributed by atoms with E-state index in [0.717, 1.165) is 5.39 Å².